The maximum atomic E-state index is 12.7. The summed E-state index contributed by atoms with van der Waals surface area (Å²) in [6.45, 7) is 32.4. The van der Waals surface area contributed by atoms with Gasteiger partial charge in [-0.3, -0.25) is 0 Å². The van der Waals surface area contributed by atoms with Gasteiger partial charge in [0.1, 0.15) is 17.2 Å². The number of quaternary nitrogens is 1. The second kappa shape index (κ2) is 22.4. The van der Waals surface area contributed by atoms with Crippen LogP contribution in [0.25, 0.3) is 47.2 Å². The summed E-state index contributed by atoms with van der Waals surface area (Å²) in [6, 6.07) is 10.1. The second-order valence-electron chi connectivity index (χ2n) is 21.7. The molecule has 9 aliphatic heterocycles. The van der Waals surface area contributed by atoms with E-state index in [-0.39, 0.29) is 46.6 Å². The van der Waals surface area contributed by atoms with Crippen molar-refractivity contribution in [3.8, 4) is 17.2 Å². The summed E-state index contributed by atoms with van der Waals surface area (Å²) < 4.78 is 34.0. The molecular formula is C57H64BClN9O9+. The van der Waals surface area contributed by atoms with Crippen LogP contribution in [0.5, 0.6) is 17.2 Å². The van der Waals surface area contributed by atoms with Crippen LogP contribution in [-0.4, -0.2) is 155 Å². The van der Waals surface area contributed by atoms with Crippen LogP contribution in [0.3, 0.4) is 0 Å². The minimum absolute atomic E-state index is 0. The molecule has 6 aromatic rings. The Morgan fingerprint density at radius 1 is 0.506 bits per heavy atom. The first-order chi connectivity index (χ1) is 36.8. The van der Waals surface area contributed by atoms with E-state index in [1.54, 1.807) is 69.2 Å². The molecule has 18 nitrogen and oxygen atoms in total. The SMILES string of the molecule is Cl.[B][N+]12CCC(COC(=O)c3c[nH]c4cc([N+]#[C-])cc(OC)c34)(CC1)CC2.[C-]#[N+]c1cc(OC)c2c(C(=O)OCC34CCN(CC3)CC4)c[nH]c2c1.[C-]#[N+]c1cc(OC)c2c(C(=O)OCC34CCN(CC3)CC4)c[nH]c2c1. The van der Waals surface area contributed by atoms with Gasteiger partial charge in [-0.25, -0.2) is 28.9 Å². The first-order valence-corrected chi connectivity index (χ1v) is 26.1. The molecule has 2 radical (unpaired) electrons. The van der Waals surface area contributed by atoms with E-state index >= 15 is 0 Å². The fourth-order valence-electron chi connectivity index (χ4n) is 12.2. The normalized spacial score (nSPS) is 25.4. The zero-order chi connectivity index (χ0) is 53.2. The molecule has 0 atom stereocenters. The summed E-state index contributed by atoms with van der Waals surface area (Å²) in [4.78, 5) is 62.5. The highest BCUT2D eigenvalue weighted by molar-refractivity contribution is 6.09. The highest BCUT2D eigenvalue weighted by atomic mass is 35.5. The zero-order valence-electron chi connectivity index (χ0n) is 43.9. The number of hydrogen-bond donors (Lipinski definition) is 3. The number of methoxy groups -OCH3 is 3. The van der Waals surface area contributed by atoms with Crippen molar-refractivity contribution in [2.45, 2.75) is 57.8 Å². The molecule has 0 unspecified atom stereocenters. The van der Waals surface area contributed by atoms with Crippen LogP contribution < -0.4 is 14.2 Å². The van der Waals surface area contributed by atoms with Gasteiger partial charge >= 0.3 is 25.9 Å². The lowest BCUT2D eigenvalue weighted by atomic mass is 9.70. The van der Waals surface area contributed by atoms with Gasteiger partial charge in [-0.05, 0) is 114 Å². The summed E-state index contributed by atoms with van der Waals surface area (Å²) in [5.41, 5.74) is 5.27. The summed E-state index contributed by atoms with van der Waals surface area (Å²) in [6.07, 6.45) is 14.5. The number of aromatic amines is 3. The number of carbonyl (C=O) groups is 3. The van der Waals surface area contributed by atoms with Gasteiger partial charge in [-0.1, -0.05) is 0 Å². The molecule has 0 aliphatic carbocycles. The van der Waals surface area contributed by atoms with Gasteiger partial charge in [-0.2, -0.15) is 0 Å². The van der Waals surface area contributed by atoms with Crippen molar-refractivity contribution in [3.05, 3.63) is 106 Å². The number of benzene rings is 3. The fourth-order valence-corrected chi connectivity index (χ4v) is 12.2. The molecule has 400 valence electrons. The summed E-state index contributed by atoms with van der Waals surface area (Å²) in [5.74, 6) is 0.510. The van der Waals surface area contributed by atoms with Crippen molar-refractivity contribution in [2.24, 2.45) is 16.2 Å². The van der Waals surface area contributed by atoms with Crippen LogP contribution in [0.1, 0.15) is 88.9 Å². The number of piperidine rings is 9. The highest BCUT2D eigenvalue weighted by Crippen LogP contribution is 2.45. The number of aromatic nitrogens is 3. The van der Waals surface area contributed by atoms with Gasteiger partial charge in [0.05, 0.1) is 113 Å². The maximum Gasteiger partial charge on any atom is 0.481 e. The Labute approximate surface area is 455 Å². The van der Waals surface area contributed by atoms with Gasteiger partial charge < -0.3 is 57.6 Å². The summed E-state index contributed by atoms with van der Waals surface area (Å²) in [7, 11) is 10.9. The van der Waals surface area contributed by atoms with Crippen LogP contribution in [0.2, 0.25) is 0 Å². The quantitative estimate of drug-likeness (QED) is 0.0461. The third-order valence-corrected chi connectivity index (χ3v) is 17.4. The molecule has 9 saturated heterocycles. The number of esters is 3. The molecule has 0 amide bonds. The zero-order valence-corrected chi connectivity index (χ0v) is 44.7. The third kappa shape index (κ3) is 11.0. The van der Waals surface area contributed by atoms with Crippen molar-refractivity contribution in [3.63, 3.8) is 0 Å². The lowest BCUT2D eigenvalue weighted by Crippen LogP contribution is -2.61. The third-order valence-electron chi connectivity index (χ3n) is 17.4. The Hall–Kier alpha value is -7.21. The average Bonchev–Trinajstić information content (AvgIpc) is 4.25. The lowest BCUT2D eigenvalue weighted by Gasteiger charge is -2.53. The standard InChI is InChI=1S/C19H21BN3O3.2C19H21N3O3.ClH/c1-21-13-9-15-17(16(10-13)25-2)14(11-22-15)18(24)26-12-19-3-6-23(20,7-4-19)8-5-19;2*1-20-13-9-15-17(16(10-13)24-2)14(11-21-15)18(23)25-12-19-3-6-22(7-4-19)8-5-19;/h9-11,22H,3-8,12H2,2H3;2*9-11,21H,3-8,12H2,2H3;1H/q+1;;;. The Balaban J connectivity index is 0.000000140. The maximum absolute atomic E-state index is 12.7. The second-order valence-corrected chi connectivity index (χ2v) is 21.7. The predicted molar refractivity (Wildman–Crippen MR) is 294 cm³/mol. The van der Waals surface area contributed by atoms with Crippen molar-refractivity contribution in [1.29, 1.82) is 0 Å². The summed E-state index contributed by atoms with van der Waals surface area (Å²) in [5, 5.41) is 2.01. The number of hydrogen-bond acceptors (Lipinski definition) is 11. The topological polar surface area (TPSA) is 174 Å². The Kier molecular flexibility index (Phi) is 15.9. The molecule has 0 saturated carbocycles. The molecule has 20 heteroatoms. The van der Waals surface area contributed by atoms with Crippen LogP contribution in [0.15, 0.2) is 55.0 Å². The number of nitrogens with one attached hydrogen (secondary N) is 3. The molecule has 3 aromatic carbocycles. The minimum atomic E-state index is -0.357. The molecule has 9 aliphatic rings. The number of ether oxygens (including phenoxy) is 6. The predicted octanol–water partition coefficient (Wildman–Crippen LogP) is 10.1. The molecule has 12 heterocycles. The van der Waals surface area contributed by atoms with Gasteiger partial charge in [-0.15, -0.1) is 12.4 Å². The van der Waals surface area contributed by atoms with Gasteiger partial charge in [0.15, 0.2) is 17.1 Å². The van der Waals surface area contributed by atoms with E-state index < -0.39 is 0 Å². The first kappa shape index (κ1) is 54.6. The van der Waals surface area contributed by atoms with E-state index in [2.05, 4.69) is 39.3 Å². The highest BCUT2D eigenvalue weighted by Gasteiger charge is 2.48. The van der Waals surface area contributed by atoms with Crippen LogP contribution in [0.4, 0.5) is 17.1 Å². The van der Waals surface area contributed by atoms with Crippen molar-refractivity contribution >= 4 is 88.1 Å². The average molecular weight is 1070 g/mol. The van der Waals surface area contributed by atoms with Crippen molar-refractivity contribution in [2.75, 3.05) is 100 Å². The van der Waals surface area contributed by atoms with Crippen LogP contribution in [0, 0.1) is 36.0 Å². The fraction of sp³-hybridized carbons (Fsp3) is 0.474. The van der Waals surface area contributed by atoms with Crippen LogP contribution in [-0.2, 0) is 14.2 Å². The van der Waals surface area contributed by atoms with Crippen molar-refractivity contribution < 1.29 is 47.2 Å². The van der Waals surface area contributed by atoms with Gasteiger partial charge in [0, 0.05) is 70.6 Å². The molecule has 3 aromatic heterocycles. The first-order valence-electron chi connectivity index (χ1n) is 26.1. The molecule has 9 fully saturated rings. The number of H-pyrrole nitrogens is 3. The molecule has 0 spiro atoms. The van der Waals surface area contributed by atoms with E-state index in [4.69, 9.17) is 56.1 Å². The molecular weight excluding hydrogens is 1000 g/mol. The van der Waals surface area contributed by atoms with E-state index in [9.17, 15) is 14.4 Å². The van der Waals surface area contributed by atoms with E-state index in [1.807, 2.05) is 0 Å². The van der Waals surface area contributed by atoms with E-state index in [1.165, 1.54) is 7.11 Å². The van der Waals surface area contributed by atoms with Crippen molar-refractivity contribution in [1.82, 2.24) is 24.8 Å². The number of halogens is 1. The van der Waals surface area contributed by atoms with E-state index in [0.717, 1.165) is 117 Å². The molecule has 77 heavy (non-hydrogen) atoms. The minimum Gasteiger partial charge on any atom is -0.497 e. The number of rotatable bonds is 12. The lowest BCUT2D eigenvalue weighted by molar-refractivity contribution is -0.839. The van der Waals surface area contributed by atoms with Gasteiger partial charge in [0.2, 0.25) is 0 Å². The largest absolute Gasteiger partial charge is 0.497 e. The Morgan fingerprint density at radius 2 is 0.779 bits per heavy atom. The smallest absolute Gasteiger partial charge is 0.481 e. The Morgan fingerprint density at radius 3 is 1.04 bits per heavy atom. The number of nitrogens with zero attached hydrogens (tertiary/aromatic N) is 6. The van der Waals surface area contributed by atoms with Crippen LogP contribution >= 0.6 is 12.4 Å². The molecule has 3 N–H and O–H groups in total. The number of fused-ring (bicyclic) bond motifs is 12. The summed E-state index contributed by atoms with van der Waals surface area (Å²) >= 11 is 0. The monoisotopic (exact) mass is 1060 g/mol. The van der Waals surface area contributed by atoms with E-state index in [0.29, 0.717) is 108 Å². The number of carbonyl (C=O) groups excluding carboxylic acids is 3. The van der Waals surface area contributed by atoms with Gasteiger partial charge in [0.25, 0.3) is 0 Å². The Bertz CT molecular complexity index is 3140. The molecule has 6 bridgehead atoms. The molecule has 15 rings (SSSR count).